The largest absolute Gasteiger partial charge is 0.466 e. The lowest BCUT2D eigenvalue weighted by Gasteiger charge is -2.07. The van der Waals surface area contributed by atoms with Gasteiger partial charge in [0.05, 0.1) is 13.2 Å². The molecule has 0 aliphatic rings. The van der Waals surface area contributed by atoms with Gasteiger partial charge in [0.2, 0.25) is 0 Å². The normalized spacial score (nSPS) is 10.1. The third-order valence-electron chi connectivity index (χ3n) is 2.91. The Kier molecular flexibility index (Phi) is 11.9. The second-order valence-corrected chi connectivity index (χ2v) is 4.87. The summed E-state index contributed by atoms with van der Waals surface area (Å²) in [5, 5.41) is 0. The maximum atomic E-state index is 11.5. The van der Waals surface area contributed by atoms with Crippen molar-refractivity contribution >= 4 is 11.9 Å². The van der Waals surface area contributed by atoms with Gasteiger partial charge in [-0.2, -0.15) is 0 Å². The predicted molar refractivity (Wildman–Crippen MR) is 79.3 cm³/mol. The zero-order valence-electron chi connectivity index (χ0n) is 12.9. The van der Waals surface area contributed by atoms with Crippen molar-refractivity contribution in [3.8, 4) is 0 Å². The quantitative estimate of drug-likeness (QED) is 0.311. The van der Waals surface area contributed by atoms with Crippen molar-refractivity contribution in [2.75, 3.05) is 13.2 Å². The molecule has 0 aromatic heterocycles. The lowest BCUT2D eigenvalue weighted by Crippen LogP contribution is -2.11. The molecule has 0 bridgehead atoms. The Balaban J connectivity index is 3.64. The summed E-state index contributed by atoms with van der Waals surface area (Å²) in [6.45, 7) is 8.72. The van der Waals surface area contributed by atoms with Crippen LogP contribution in [0.1, 0.15) is 65.2 Å². The second-order valence-electron chi connectivity index (χ2n) is 4.87. The van der Waals surface area contributed by atoms with Crippen LogP contribution < -0.4 is 0 Å². The van der Waals surface area contributed by atoms with E-state index in [0.29, 0.717) is 25.2 Å². The maximum absolute atomic E-state index is 11.5. The van der Waals surface area contributed by atoms with E-state index in [0.717, 1.165) is 38.5 Å². The van der Waals surface area contributed by atoms with Crippen LogP contribution in [0.4, 0.5) is 0 Å². The lowest BCUT2D eigenvalue weighted by atomic mass is 10.1. The number of carbonyl (C=O) groups excluding carboxylic acids is 2. The highest BCUT2D eigenvalue weighted by atomic mass is 16.5. The summed E-state index contributed by atoms with van der Waals surface area (Å²) in [5.74, 6) is -0.680. The van der Waals surface area contributed by atoms with Crippen LogP contribution in [0.3, 0.4) is 0 Å². The lowest BCUT2D eigenvalue weighted by molar-refractivity contribution is -0.143. The van der Waals surface area contributed by atoms with E-state index in [9.17, 15) is 9.59 Å². The highest BCUT2D eigenvalue weighted by molar-refractivity contribution is 5.88. The van der Waals surface area contributed by atoms with E-state index in [1.807, 2.05) is 0 Å². The first kappa shape index (κ1) is 18.7. The van der Waals surface area contributed by atoms with E-state index in [4.69, 9.17) is 9.47 Å². The van der Waals surface area contributed by atoms with E-state index < -0.39 is 5.97 Å². The molecule has 0 unspecified atom stereocenters. The van der Waals surface area contributed by atoms with Gasteiger partial charge in [0.25, 0.3) is 0 Å². The monoisotopic (exact) mass is 284 g/mol. The number of ether oxygens (including phenoxy) is 2. The van der Waals surface area contributed by atoms with E-state index in [-0.39, 0.29) is 12.4 Å². The van der Waals surface area contributed by atoms with Crippen LogP contribution in [-0.2, 0) is 19.1 Å². The van der Waals surface area contributed by atoms with Gasteiger partial charge in [-0.25, -0.2) is 4.79 Å². The second kappa shape index (κ2) is 12.7. The van der Waals surface area contributed by atoms with Gasteiger partial charge < -0.3 is 9.47 Å². The smallest absolute Gasteiger partial charge is 0.333 e. The van der Waals surface area contributed by atoms with E-state index >= 15 is 0 Å². The molecule has 0 radical (unpaired) electrons. The Morgan fingerprint density at radius 1 is 0.850 bits per heavy atom. The molecule has 4 heteroatoms. The number of unbranched alkanes of at least 4 members (excludes halogenated alkanes) is 4. The molecule has 0 N–H and O–H groups in total. The molecular formula is C16H28O4. The number of rotatable bonds is 12. The zero-order valence-corrected chi connectivity index (χ0v) is 12.9. The third kappa shape index (κ3) is 10.6. The van der Waals surface area contributed by atoms with Gasteiger partial charge in [0.1, 0.15) is 0 Å². The summed E-state index contributed by atoms with van der Waals surface area (Å²) >= 11 is 0. The number of hydrogen-bond donors (Lipinski definition) is 0. The first-order valence-corrected chi connectivity index (χ1v) is 7.62. The molecule has 0 aromatic carbocycles. The molecule has 0 aromatic rings. The van der Waals surface area contributed by atoms with Crippen LogP contribution in [0.25, 0.3) is 0 Å². The Hall–Kier alpha value is -1.32. The van der Waals surface area contributed by atoms with Gasteiger partial charge in [0, 0.05) is 12.0 Å². The molecule has 0 aliphatic carbocycles. The van der Waals surface area contributed by atoms with E-state index in [2.05, 4.69) is 20.4 Å². The fourth-order valence-corrected chi connectivity index (χ4v) is 1.58. The first-order chi connectivity index (χ1) is 9.61. The maximum Gasteiger partial charge on any atom is 0.333 e. The van der Waals surface area contributed by atoms with Gasteiger partial charge in [-0.3, -0.25) is 4.79 Å². The molecule has 0 saturated carbocycles. The summed E-state index contributed by atoms with van der Waals surface area (Å²) in [4.78, 5) is 23.0. The molecule has 0 rings (SSSR count). The standard InChI is InChI=1S/C16H28O4/c1-4-6-8-12-19-15(17)11-10-14(3)16(18)20-13-9-7-5-2/h3-13H2,1-2H3. The van der Waals surface area contributed by atoms with Crippen molar-refractivity contribution in [3.05, 3.63) is 12.2 Å². The number of hydrogen-bond acceptors (Lipinski definition) is 4. The van der Waals surface area contributed by atoms with Crippen molar-refractivity contribution in [3.63, 3.8) is 0 Å². The summed E-state index contributed by atoms with van der Waals surface area (Å²) < 4.78 is 10.1. The van der Waals surface area contributed by atoms with Crippen LogP contribution in [0.2, 0.25) is 0 Å². The van der Waals surface area contributed by atoms with Crippen LogP contribution in [0.5, 0.6) is 0 Å². The predicted octanol–water partition coefficient (Wildman–Crippen LogP) is 3.79. The molecule has 0 spiro atoms. The number of carbonyl (C=O) groups is 2. The van der Waals surface area contributed by atoms with Gasteiger partial charge in [-0.1, -0.05) is 46.1 Å². The van der Waals surface area contributed by atoms with Crippen molar-refractivity contribution < 1.29 is 19.1 Å². The first-order valence-electron chi connectivity index (χ1n) is 7.62. The Morgan fingerprint density at radius 2 is 1.40 bits per heavy atom. The fourth-order valence-electron chi connectivity index (χ4n) is 1.58. The fraction of sp³-hybridized carbons (Fsp3) is 0.750. The molecule has 0 saturated heterocycles. The Bertz CT molecular complexity index is 297. The highest BCUT2D eigenvalue weighted by Crippen LogP contribution is 2.07. The van der Waals surface area contributed by atoms with Gasteiger partial charge >= 0.3 is 11.9 Å². The van der Waals surface area contributed by atoms with Gasteiger partial charge in [0.15, 0.2) is 0 Å². The summed E-state index contributed by atoms with van der Waals surface area (Å²) in [6.07, 6.45) is 6.54. The topological polar surface area (TPSA) is 52.6 Å². The van der Waals surface area contributed by atoms with Gasteiger partial charge in [-0.05, 0) is 19.3 Å². The average Bonchev–Trinajstić information content (AvgIpc) is 2.45. The van der Waals surface area contributed by atoms with Crippen molar-refractivity contribution in [2.45, 2.75) is 65.2 Å². The Morgan fingerprint density at radius 3 is 1.95 bits per heavy atom. The summed E-state index contributed by atoms with van der Waals surface area (Å²) in [6, 6.07) is 0. The molecule has 0 amide bonds. The van der Waals surface area contributed by atoms with Crippen molar-refractivity contribution in [2.24, 2.45) is 0 Å². The van der Waals surface area contributed by atoms with E-state index in [1.54, 1.807) is 0 Å². The Labute approximate surface area is 122 Å². The molecule has 0 aliphatic heterocycles. The molecule has 4 nitrogen and oxygen atoms in total. The SMILES string of the molecule is C=C(CCC(=O)OCCCCC)C(=O)OCCCCC. The minimum Gasteiger partial charge on any atom is -0.466 e. The van der Waals surface area contributed by atoms with Crippen LogP contribution >= 0.6 is 0 Å². The van der Waals surface area contributed by atoms with Crippen molar-refractivity contribution in [1.82, 2.24) is 0 Å². The van der Waals surface area contributed by atoms with Crippen molar-refractivity contribution in [1.29, 1.82) is 0 Å². The number of esters is 2. The minimum absolute atomic E-state index is 0.190. The van der Waals surface area contributed by atoms with Crippen LogP contribution in [-0.4, -0.2) is 25.2 Å². The van der Waals surface area contributed by atoms with Crippen LogP contribution in [0, 0.1) is 0 Å². The molecule has 0 heterocycles. The highest BCUT2D eigenvalue weighted by Gasteiger charge is 2.11. The zero-order chi connectivity index (χ0) is 15.2. The molecule has 0 fully saturated rings. The third-order valence-corrected chi connectivity index (χ3v) is 2.91. The summed E-state index contributed by atoms with van der Waals surface area (Å²) in [5.41, 5.74) is 0.340. The summed E-state index contributed by atoms with van der Waals surface area (Å²) in [7, 11) is 0. The molecule has 20 heavy (non-hydrogen) atoms. The van der Waals surface area contributed by atoms with E-state index in [1.165, 1.54) is 0 Å². The molecular weight excluding hydrogens is 256 g/mol. The minimum atomic E-state index is -0.403. The molecule has 116 valence electrons. The average molecular weight is 284 g/mol. The van der Waals surface area contributed by atoms with Crippen LogP contribution in [0.15, 0.2) is 12.2 Å². The molecule has 0 atom stereocenters. The van der Waals surface area contributed by atoms with Gasteiger partial charge in [-0.15, -0.1) is 0 Å².